The average molecular weight is 259 g/mol. The highest BCUT2D eigenvalue weighted by Gasteiger charge is 2.10. The molecule has 1 heterocycles. The molecule has 0 bridgehead atoms. The second-order valence-corrected chi connectivity index (χ2v) is 4.65. The molecule has 0 radical (unpaired) electrons. The Hall–Kier alpha value is -0.950. The number of rotatable bonds is 8. The minimum Gasteiger partial charge on any atom is -0.478 e. The molecule has 0 aliphatic carbocycles. The van der Waals surface area contributed by atoms with E-state index in [1.807, 2.05) is 0 Å². The molecule has 3 N–H and O–H groups in total. The van der Waals surface area contributed by atoms with Crippen molar-refractivity contribution < 1.29 is 19.7 Å². The summed E-state index contributed by atoms with van der Waals surface area (Å²) in [6.07, 6.45) is 0.616. The second-order valence-electron chi connectivity index (χ2n) is 3.65. The fourth-order valence-corrected chi connectivity index (χ4v) is 2.24. The van der Waals surface area contributed by atoms with Gasteiger partial charge in [0.2, 0.25) is 0 Å². The van der Waals surface area contributed by atoms with E-state index in [-0.39, 0.29) is 12.6 Å². The molecule has 1 aromatic heterocycles. The van der Waals surface area contributed by atoms with Crippen LogP contribution in [0, 0.1) is 0 Å². The molecule has 5 nitrogen and oxygen atoms in total. The van der Waals surface area contributed by atoms with Gasteiger partial charge < -0.3 is 20.3 Å². The maximum atomic E-state index is 10.7. The van der Waals surface area contributed by atoms with E-state index in [4.69, 9.17) is 14.9 Å². The summed E-state index contributed by atoms with van der Waals surface area (Å²) in [5.74, 6) is -0.906. The molecule has 0 amide bonds. The number of aromatic carboxylic acids is 1. The van der Waals surface area contributed by atoms with E-state index in [1.54, 1.807) is 18.6 Å². The Bertz CT molecular complexity index is 347. The topological polar surface area (TPSA) is 78.8 Å². The lowest BCUT2D eigenvalue weighted by Gasteiger charge is -2.15. The number of carboxylic acids is 1. The summed E-state index contributed by atoms with van der Waals surface area (Å²) in [5.41, 5.74) is 0.317. The smallest absolute Gasteiger partial charge is 0.336 e. The third-order valence-electron chi connectivity index (χ3n) is 2.31. The highest BCUT2D eigenvalue weighted by Crippen LogP contribution is 2.14. The summed E-state index contributed by atoms with van der Waals surface area (Å²) in [7, 11) is 1.61. The molecule has 1 atom stereocenters. The molecule has 0 aliphatic heterocycles. The fraction of sp³-hybridized carbons (Fsp3) is 0.545. The second kappa shape index (κ2) is 7.39. The van der Waals surface area contributed by atoms with Gasteiger partial charge in [-0.1, -0.05) is 0 Å². The summed E-state index contributed by atoms with van der Waals surface area (Å²) in [6.45, 7) is 1.22. The number of carbonyl (C=O) groups is 1. The van der Waals surface area contributed by atoms with Crippen molar-refractivity contribution in [3.8, 4) is 0 Å². The zero-order valence-corrected chi connectivity index (χ0v) is 10.5. The number of nitrogens with one attached hydrogen (secondary N) is 1. The molecule has 0 saturated carbocycles. The Labute approximate surface area is 104 Å². The molecule has 1 aromatic rings. The number of hydrogen-bond donors (Lipinski definition) is 3. The van der Waals surface area contributed by atoms with E-state index in [0.29, 0.717) is 25.1 Å². The number of ether oxygens (including phenoxy) is 1. The summed E-state index contributed by atoms with van der Waals surface area (Å²) in [4.78, 5) is 11.7. The van der Waals surface area contributed by atoms with Crippen LogP contribution in [0.3, 0.4) is 0 Å². The van der Waals surface area contributed by atoms with Gasteiger partial charge in [-0.3, -0.25) is 0 Å². The van der Waals surface area contributed by atoms with Gasteiger partial charge >= 0.3 is 5.97 Å². The minimum absolute atomic E-state index is 0.0837. The van der Waals surface area contributed by atoms with Crippen molar-refractivity contribution >= 4 is 17.3 Å². The normalized spacial score (nSPS) is 12.6. The van der Waals surface area contributed by atoms with Crippen molar-refractivity contribution in [2.45, 2.75) is 19.0 Å². The first-order valence-electron chi connectivity index (χ1n) is 5.31. The van der Waals surface area contributed by atoms with Crippen LogP contribution in [0.5, 0.6) is 0 Å². The van der Waals surface area contributed by atoms with Crippen LogP contribution in [0.15, 0.2) is 11.4 Å². The van der Waals surface area contributed by atoms with E-state index >= 15 is 0 Å². The molecule has 0 spiro atoms. The van der Waals surface area contributed by atoms with E-state index in [9.17, 15) is 4.79 Å². The van der Waals surface area contributed by atoms with E-state index in [2.05, 4.69) is 5.32 Å². The third-order valence-corrected chi connectivity index (χ3v) is 3.25. The van der Waals surface area contributed by atoms with Gasteiger partial charge in [-0.2, -0.15) is 0 Å². The molecule has 17 heavy (non-hydrogen) atoms. The number of methoxy groups -OCH3 is 1. The van der Waals surface area contributed by atoms with Crippen LogP contribution in [0.1, 0.15) is 21.7 Å². The molecule has 6 heteroatoms. The largest absolute Gasteiger partial charge is 0.478 e. The van der Waals surface area contributed by atoms with Crippen LogP contribution < -0.4 is 5.32 Å². The summed E-state index contributed by atoms with van der Waals surface area (Å²) >= 11 is 1.41. The SMILES string of the molecule is COCC(CCO)NCc1cc(C(=O)O)cs1. The fourth-order valence-electron chi connectivity index (χ4n) is 1.43. The maximum Gasteiger partial charge on any atom is 0.336 e. The quantitative estimate of drug-likeness (QED) is 0.647. The molecule has 0 aliphatic rings. The number of thiophene rings is 1. The Balaban J connectivity index is 2.44. The number of hydrogen-bond acceptors (Lipinski definition) is 5. The lowest BCUT2D eigenvalue weighted by Crippen LogP contribution is -2.33. The van der Waals surface area contributed by atoms with Crippen molar-refractivity contribution in [3.05, 3.63) is 21.9 Å². The first kappa shape index (κ1) is 14.1. The maximum absolute atomic E-state index is 10.7. The minimum atomic E-state index is -0.906. The lowest BCUT2D eigenvalue weighted by molar-refractivity contribution is 0.0697. The number of carboxylic acid groups (broad SMARTS) is 1. The Morgan fingerprint density at radius 3 is 2.94 bits per heavy atom. The van der Waals surface area contributed by atoms with Gasteiger partial charge in [0.05, 0.1) is 12.2 Å². The van der Waals surface area contributed by atoms with Crippen LogP contribution in [-0.2, 0) is 11.3 Å². The van der Waals surface area contributed by atoms with Crippen LogP contribution >= 0.6 is 11.3 Å². The van der Waals surface area contributed by atoms with E-state index < -0.39 is 5.97 Å². The van der Waals surface area contributed by atoms with Crippen LogP contribution in [-0.4, -0.2) is 42.5 Å². The van der Waals surface area contributed by atoms with Crippen LogP contribution in [0.25, 0.3) is 0 Å². The van der Waals surface area contributed by atoms with Crippen molar-refractivity contribution in [2.75, 3.05) is 20.3 Å². The van der Waals surface area contributed by atoms with Gasteiger partial charge in [0.1, 0.15) is 0 Å². The summed E-state index contributed by atoms with van der Waals surface area (Å²) in [5, 5.41) is 22.5. The number of aliphatic hydroxyl groups excluding tert-OH is 1. The first-order valence-corrected chi connectivity index (χ1v) is 6.19. The van der Waals surface area contributed by atoms with Gasteiger partial charge in [-0.05, 0) is 12.5 Å². The highest BCUT2D eigenvalue weighted by molar-refractivity contribution is 7.10. The molecule has 0 aromatic carbocycles. The van der Waals surface area contributed by atoms with Gasteiger partial charge in [-0.15, -0.1) is 11.3 Å². The van der Waals surface area contributed by atoms with Crippen molar-refractivity contribution in [1.29, 1.82) is 0 Å². The zero-order chi connectivity index (χ0) is 12.7. The first-order chi connectivity index (χ1) is 8.17. The Kier molecular flexibility index (Phi) is 6.13. The molecule has 0 saturated heterocycles. The Morgan fingerprint density at radius 1 is 1.65 bits per heavy atom. The molecule has 0 fully saturated rings. The monoisotopic (exact) mass is 259 g/mol. The van der Waals surface area contributed by atoms with Gasteiger partial charge in [0.25, 0.3) is 0 Å². The van der Waals surface area contributed by atoms with Gasteiger partial charge in [-0.25, -0.2) is 4.79 Å². The average Bonchev–Trinajstić information content (AvgIpc) is 2.75. The van der Waals surface area contributed by atoms with Gasteiger partial charge in [0.15, 0.2) is 0 Å². The predicted molar refractivity (Wildman–Crippen MR) is 65.5 cm³/mol. The molecular weight excluding hydrogens is 242 g/mol. The van der Waals surface area contributed by atoms with Crippen LogP contribution in [0.2, 0.25) is 0 Å². The highest BCUT2D eigenvalue weighted by atomic mass is 32.1. The zero-order valence-electron chi connectivity index (χ0n) is 9.68. The van der Waals surface area contributed by atoms with Crippen molar-refractivity contribution in [1.82, 2.24) is 5.32 Å². The van der Waals surface area contributed by atoms with Gasteiger partial charge in [0, 0.05) is 36.6 Å². The summed E-state index contributed by atoms with van der Waals surface area (Å²) < 4.78 is 5.02. The van der Waals surface area contributed by atoms with E-state index in [1.165, 1.54) is 11.3 Å². The molecule has 1 rings (SSSR count). The van der Waals surface area contributed by atoms with Crippen LogP contribution in [0.4, 0.5) is 0 Å². The summed E-state index contributed by atoms with van der Waals surface area (Å²) in [6, 6.07) is 1.74. The third kappa shape index (κ3) is 4.82. The Morgan fingerprint density at radius 2 is 2.41 bits per heavy atom. The standard InChI is InChI=1S/C11H17NO4S/c1-16-6-9(2-3-13)12-5-10-4-8(7-17-10)11(14)15/h4,7,9,12-13H,2-3,5-6H2,1H3,(H,14,15). The van der Waals surface area contributed by atoms with E-state index in [0.717, 1.165) is 4.88 Å². The number of aliphatic hydroxyl groups is 1. The molecule has 1 unspecified atom stereocenters. The van der Waals surface area contributed by atoms with Crippen molar-refractivity contribution in [3.63, 3.8) is 0 Å². The molecule has 96 valence electrons. The molecular formula is C11H17NO4S. The van der Waals surface area contributed by atoms with Crippen molar-refractivity contribution in [2.24, 2.45) is 0 Å². The lowest BCUT2D eigenvalue weighted by atomic mass is 10.2. The predicted octanol–water partition coefficient (Wildman–Crippen LogP) is 0.933.